The molecule has 0 saturated heterocycles. The molecule has 3 nitrogen and oxygen atoms in total. The number of halogens is 2. The number of hydrogen-bond donors (Lipinski definition) is 0. The van der Waals surface area contributed by atoms with Crippen LogP contribution in [0.4, 0.5) is 8.78 Å². The van der Waals surface area contributed by atoms with Gasteiger partial charge in [-0.1, -0.05) is 6.07 Å². The first-order valence-corrected chi connectivity index (χ1v) is 6.45. The molecule has 0 radical (unpaired) electrons. The van der Waals surface area contributed by atoms with E-state index in [4.69, 9.17) is 0 Å². The normalized spacial score (nSPS) is 10.5. The molecule has 100 valence electrons. The third-order valence-electron chi connectivity index (χ3n) is 2.54. The maximum absolute atomic E-state index is 13.6. The summed E-state index contributed by atoms with van der Waals surface area (Å²) in [4.78, 5) is 15.1. The van der Waals surface area contributed by atoms with E-state index in [1.807, 2.05) is 0 Å². The van der Waals surface area contributed by atoms with Crippen molar-refractivity contribution in [2.45, 2.75) is 12.8 Å². The molecule has 0 aliphatic rings. The Labute approximate surface area is 112 Å². The second-order valence-corrected chi connectivity index (χ2v) is 4.67. The van der Waals surface area contributed by atoms with Crippen LogP contribution in [-0.4, -0.2) is 18.1 Å². The smallest absolute Gasteiger partial charge is 0.305 e. The molecular weight excluding hydrogens is 272 g/mol. The van der Waals surface area contributed by atoms with Crippen molar-refractivity contribution in [3.63, 3.8) is 0 Å². The number of aromatic nitrogens is 1. The highest BCUT2D eigenvalue weighted by Crippen LogP contribution is 2.29. The Bertz CT molecular complexity index is 578. The molecule has 1 aromatic carbocycles. The zero-order valence-electron chi connectivity index (χ0n) is 10.2. The molecule has 0 N–H and O–H groups in total. The van der Waals surface area contributed by atoms with E-state index < -0.39 is 11.6 Å². The van der Waals surface area contributed by atoms with Gasteiger partial charge in [-0.2, -0.15) is 0 Å². The lowest BCUT2D eigenvalue weighted by Crippen LogP contribution is -2.02. The molecule has 0 aliphatic heterocycles. The number of rotatable bonds is 4. The van der Waals surface area contributed by atoms with Crippen molar-refractivity contribution in [1.29, 1.82) is 0 Å². The third-order valence-corrected chi connectivity index (χ3v) is 3.45. The molecule has 0 saturated carbocycles. The number of aryl methyl sites for hydroxylation is 1. The Morgan fingerprint density at radius 3 is 2.68 bits per heavy atom. The molecule has 1 heterocycles. The van der Waals surface area contributed by atoms with Gasteiger partial charge in [-0.3, -0.25) is 4.79 Å². The van der Waals surface area contributed by atoms with Crippen molar-refractivity contribution in [1.82, 2.24) is 4.98 Å². The highest BCUT2D eigenvalue weighted by atomic mass is 32.1. The van der Waals surface area contributed by atoms with E-state index in [-0.39, 0.29) is 23.0 Å². The quantitative estimate of drug-likeness (QED) is 0.809. The molecule has 0 fully saturated rings. The van der Waals surface area contributed by atoms with Crippen LogP contribution in [0.1, 0.15) is 12.1 Å². The maximum atomic E-state index is 13.6. The molecule has 2 aromatic rings. The van der Waals surface area contributed by atoms with Crippen LogP contribution in [0.15, 0.2) is 23.6 Å². The van der Waals surface area contributed by atoms with Gasteiger partial charge in [-0.15, -0.1) is 11.3 Å². The molecule has 6 heteroatoms. The minimum atomic E-state index is -0.645. The lowest BCUT2D eigenvalue weighted by molar-refractivity contribution is -0.140. The maximum Gasteiger partial charge on any atom is 0.305 e. The second-order valence-electron chi connectivity index (χ2n) is 3.82. The van der Waals surface area contributed by atoms with E-state index in [1.165, 1.54) is 25.3 Å². The second kappa shape index (κ2) is 5.88. The molecule has 0 amide bonds. The first-order valence-electron chi connectivity index (χ1n) is 5.57. The van der Waals surface area contributed by atoms with E-state index >= 15 is 0 Å². The van der Waals surface area contributed by atoms with Gasteiger partial charge >= 0.3 is 5.97 Å². The van der Waals surface area contributed by atoms with Gasteiger partial charge in [0.15, 0.2) is 0 Å². The Hall–Kier alpha value is -1.82. The van der Waals surface area contributed by atoms with E-state index in [0.29, 0.717) is 12.1 Å². The van der Waals surface area contributed by atoms with Crippen molar-refractivity contribution in [2.75, 3.05) is 7.11 Å². The third kappa shape index (κ3) is 3.14. The van der Waals surface area contributed by atoms with Crippen molar-refractivity contribution < 1.29 is 18.3 Å². The molecular formula is C13H11F2NO2S. The van der Waals surface area contributed by atoms with Crippen molar-refractivity contribution in [3.8, 4) is 10.6 Å². The Morgan fingerprint density at radius 2 is 2.05 bits per heavy atom. The molecule has 0 aliphatic carbocycles. The zero-order valence-corrected chi connectivity index (χ0v) is 11.0. The molecule has 0 spiro atoms. The van der Waals surface area contributed by atoms with Crippen molar-refractivity contribution in [2.24, 2.45) is 0 Å². The van der Waals surface area contributed by atoms with Crippen molar-refractivity contribution >= 4 is 17.3 Å². The van der Waals surface area contributed by atoms with Gasteiger partial charge in [0, 0.05) is 11.8 Å². The minimum Gasteiger partial charge on any atom is -0.469 e. The number of carbonyl (C=O) groups is 1. The first kappa shape index (κ1) is 13.6. The zero-order chi connectivity index (χ0) is 13.8. The van der Waals surface area contributed by atoms with E-state index in [2.05, 4.69) is 9.72 Å². The number of methoxy groups -OCH3 is 1. The van der Waals surface area contributed by atoms with E-state index in [0.717, 1.165) is 11.3 Å². The largest absolute Gasteiger partial charge is 0.469 e. The molecule has 1 aromatic heterocycles. The van der Waals surface area contributed by atoms with Gasteiger partial charge in [-0.05, 0) is 12.1 Å². The monoisotopic (exact) mass is 283 g/mol. The van der Waals surface area contributed by atoms with Crippen LogP contribution >= 0.6 is 11.3 Å². The summed E-state index contributed by atoms with van der Waals surface area (Å²) >= 11 is 1.15. The highest BCUT2D eigenvalue weighted by molar-refractivity contribution is 7.13. The van der Waals surface area contributed by atoms with Gasteiger partial charge in [-0.25, -0.2) is 13.8 Å². The predicted octanol–water partition coefficient (Wildman–Crippen LogP) is 3.19. The summed E-state index contributed by atoms with van der Waals surface area (Å²) in [5, 5.41) is 1.96. The van der Waals surface area contributed by atoms with Gasteiger partial charge < -0.3 is 4.74 Å². The average molecular weight is 283 g/mol. The van der Waals surface area contributed by atoms with Crippen LogP contribution in [0.2, 0.25) is 0 Å². The molecule has 0 bridgehead atoms. The van der Waals surface area contributed by atoms with Gasteiger partial charge in [0.2, 0.25) is 0 Å². The Kier molecular flexibility index (Phi) is 4.21. The molecule has 19 heavy (non-hydrogen) atoms. The van der Waals surface area contributed by atoms with Crippen LogP contribution in [0.5, 0.6) is 0 Å². The fraction of sp³-hybridized carbons (Fsp3) is 0.231. The summed E-state index contributed by atoms with van der Waals surface area (Å²) in [5.74, 6) is -1.63. The Balaban J connectivity index is 2.19. The summed E-state index contributed by atoms with van der Waals surface area (Å²) in [5.41, 5.74) is 0.491. The minimum absolute atomic E-state index is 0.128. The van der Waals surface area contributed by atoms with Gasteiger partial charge in [0.25, 0.3) is 0 Å². The number of hydrogen-bond acceptors (Lipinski definition) is 4. The molecule has 0 atom stereocenters. The fourth-order valence-electron chi connectivity index (χ4n) is 1.57. The lowest BCUT2D eigenvalue weighted by Gasteiger charge is -2.00. The fourth-order valence-corrected chi connectivity index (χ4v) is 2.47. The summed E-state index contributed by atoms with van der Waals surface area (Å²) < 4.78 is 31.7. The van der Waals surface area contributed by atoms with Gasteiger partial charge in [0.1, 0.15) is 16.6 Å². The van der Waals surface area contributed by atoms with Crippen LogP contribution in [0.25, 0.3) is 10.6 Å². The number of benzene rings is 1. The number of esters is 1. The van der Waals surface area contributed by atoms with Crippen LogP contribution < -0.4 is 0 Å². The summed E-state index contributed by atoms with van der Waals surface area (Å²) in [6.07, 6.45) is 0.582. The highest BCUT2D eigenvalue weighted by Gasteiger charge is 2.15. The lowest BCUT2D eigenvalue weighted by atomic mass is 10.2. The van der Waals surface area contributed by atoms with Crippen LogP contribution in [0, 0.1) is 11.6 Å². The number of carbonyl (C=O) groups excluding carboxylic acids is 1. The summed E-state index contributed by atoms with van der Waals surface area (Å²) in [6.45, 7) is 0. The number of ether oxygens (including phenoxy) is 1. The SMILES string of the molecule is COC(=O)CCc1csc(-c2c(F)cccc2F)n1. The van der Waals surface area contributed by atoms with Crippen LogP contribution in [-0.2, 0) is 16.0 Å². The van der Waals surface area contributed by atoms with E-state index in [1.54, 1.807) is 5.38 Å². The number of nitrogens with zero attached hydrogens (tertiary/aromatic N) is 1. The Morgan fingerprint density at radius 1 is 1.37 bits per heavy atom. The topological polar surface area (TPSA) is 39.2 Å². The molecule has 2 rings (SSSR count). The standard InChI is InChI=1S/C13H11F2NO2S/c1-18-11(17)6-5-8-7-19-13(16-8)12-9(14)3-2-4-10(12)15/h2-4,7H,5-6H2,1H3. The van der Waals surface area contributed by atoms with Crippen LogP contribution in [0.3, 0.4) is 0 Å². The van der Waals surface area contributed by atoms with E-state index in [9.17, 15) is 13.6 Å². The van der Waals surface area contributed by atoms with Crippen molar-refractivity contribution in [3.05, 3.63) is 40.9 Å². The van der Waals surface area contributed by atoms with Gasteiger partial charge in [0.05, 0.1) is 24.8 Å². The predicted molar refractivity (Wildman–Crippen MR) is 67.8 cm³/mol. The summed E-state index contributed by atoms with van der Waals surface area (Å²) in [6, 6.07) is 3.68. The summed E-state index contributed by atoms with van der Waals surface area (Å²) in [7, 11) is 1.31. The molecule has 0 unspecified atom stereocenters. The first-order chi connectivity index (χ1) is 9.11. The average Bonchev–Trinajstić information content (AvgIpc) is 2.84. The number of thiazole rings is 1.